The van der Waals surface area contributed by atoms with E-state index >= 15 is 0 Å². The van der Waals surface area contributed by atoms with Crippen molar-refractivity contribution in [2.45, 2.75) is 19.4 Å². The van der Waals surface area contributed by atoms with Crippen LogP contribution in [-0.2, 0) is 0 Å². The number of para-hydroxylation sites is 1. The number of hydrogen-bond acceptors (Lipinski definition) is 2. The standard InChI is InChI=1S/C11H13NO/c1-2-9(12)11-7-8-5-3-4-6-10(8)13-11/h3-7,9H,2,12H2,1H3. The van der Waals surface area contributed by atoms with E-state index < -0.39 is 0 Å². The lowest BCUT2D eigenvalue weighted by atomic mass is 10.2. The average Bonchev–Trinajstić information content (AvgIpc) is 2.59. The summed E-state index contributed by atoms with van der Waals surface area (Å²) in [5.74, 6) is 0.878. The fourth-order valence-corrected chi connectivity index (χ4v) is 1.39. The highest BCUT2D eigenvalue weighted by Gasteiger charge is 2.08. The molecule has 1 atom stereocenters. The molecule has 2 aromatic rings. The molecule has 68 valence electrons. The summed E-state index contributed by atoms with van der Waals surface area (Å²) < 4.78 is 5.60. The second-order valence-electron chi connectivity index (χ2n) is 3.20. The van der Waals surface area contributed by atoms with Crippen LogP contribution in [0.15, 0.2) is 34.7 Å². The molecular formula is C11H13NO. The molecule has 1 heterocycles. The monoisotopic (exact) mass is 175 g/mol. The maximum absolute atomic E-state index is 5.86. The molecule has 0 fully saturated rings. The normalized spacial score (nSPS) is 13.4. The number of nitrogens with two attached hydrogens (primary N) is 1. The largest absolute Gasteiger partial charge is 0.459 e. The zero-order valence-electron chi connectivity index (χ0n) is 7.66. The van der Waals surface area contributed by atoms with Gasteiger partial charge in [-0.3, -0.25) is 0 Å². The molecule has 0 radical (unpaired) electrons. The minimum absolute atomic E-state index is 0.0207. The summed E-state index contributed by atoms with van der Waals surface area (Å²) in [7, 11) is 0. The summed E-state index contributed by atoms with van der Waals surface area (Å²) in [4.78, 5) is 0. The topological polar surface area (TPSA) is 39.2 Å². The van der Waals surface area contributed by atoms with Gasteiger partial charge >= 0.3 is 0 Å². The summed E-state index contributed by atoms with van der Waals surface area (Å²) in [5, 5.41) is 1.13. The van der Waals surface area contributed by atoms with E-state index in [4.69, 9.17) is 10.2 Å². The predicted molar refractivity (Wildman–Crippen MR) is 53.4 cm³/mol. The highest BCUT2D eigenvalue weighted by atomic mass is 16.3. The third kappa shape index (κ3) is 1.45. The van der Waals surface area contributed by atoms with Gasteiger partial charge in [-0.05, 0) is 18.6 Å². The molecule has 0 amide bonds. The molecule has 0 saturated heterocycles. The van der Waals surface area contributed by atoms with Gasteiger partial charge in [0, 0.05) is 5.39 Å². The molecule has 0 spiro atoms. The van der Waals surface area contributed by atoms with Crippen LogP contribution in [-0.4, -0.2) is 0 Å². The highest BCUT2D eigenvalue weighted by Crippen LogP contribution is 2.23. The number of rotatable bonds is 2. The number of hydrogen-bond donors (Lipinski definition) is 1. The van der Waals surface area contributed by atoms with Crippen molar-refractivity contribution in [1.29, 1.82) is 0 Å². The van der Waals surface area contributed by atoms with Gasteiger partial charge in [-0.25, -0.2) is 0 Å². The Morgan fingerprint density at radius 3 is 2.85 bits per heavy atom. The summed E-state index contributed by atoms with van der Waals surface area (Å²) in [6.07, 6.45) is 0.903. The molecule has 2 N–H and O–H groups in total. The van der Waals surface area contributed by atoms with E-state index in [1.54, 1.807) is 0 Å². The van der Waals surface area contributed by atoms with Gasteiger partial charge in [0.25, 0.3) is 0 Å². The Bertz CT molecular complexity index is 372. The molecule has 13 heavy (non-hydrogen) atoms. The van der Waals surface area contributed by atoms with Gasteiger partial charge in [0.15, 0.2) is 0 Å². The van der Waals surface area contributed by atoms with Crippen molar-refractivity contribution in [3.05, 3.63) is 36.1 Å². The molecule has 0 saturated carbocycles. The summed E-state index contributed by atoms with van der Waals surface area (Å²) >= 11 is 0. The molecule has 0 bridgehead atoms. The van der Waals surface area contributed by atoms with Gasteiger partial charge in [0.2, 0.25) is 0 Å². The van der Waals surface area contributed by atoms with Crippen LogP contribution in [0.4, 0.5) is 0 Å². The van der Waals surface area contributed by atoms with Crippen LogP contribution in [0.5, 0.6) is 0 Å². The maximum atomic E-state index is 5.86. The molecule has 0 aliphatic rings. The zero-order valence-corrected chi connectivity index (χ0v) is 7.66. The Hall–Kier alpha value is -1.28. The SMILES string of the molecule is CCC(N)c1cc2ccccc2o1. The summed E-state index contributed by atoms with van der Waals surface area (Å²) in [6, 6.07) is 9.99. The van der Waals surface area contributed by atoms with Crippen molar-refractivity contribution < 1.29 is 4.42 Å². The molecule has 2 heteroatoms. The molecular weight excluding hydrogens is 162 g/mol. The van der Waals surface area contributed by atoms with Gasteiger partial charge < -0.3 is 10.2 Å². The van der Waals surface area contributed by atoms with Crippen molar-refractivity contribution in [3.63, 3.8) is 0 Å². The molecule has 1 unspecified atom stereocenters. The van der Waals surface area contributed by atoms with Crippen LogP contribution in [0.2, 0.25) is 0 Å². The number of fused-ring (bicyclic) bond motifs is 1. The van der Waals surface area contributed by atoms with E-state index in [-0.39, 0.29) is 6.04 Å². The van der Waals surface area contributed by atoms with E-state index in [0.717, 1.165) is 23.2 Å². The van der Waals surface area contributed by atoms with E-state index in [0.29, 0.717) is 0 Å². The molecule has 0 aliphatic heterocycles. The molecule has 2 rings (SSSR count). The Morgan fingerprint density at radius 2 is 2.15 bits per heavy atom. The molecule has 1 aromatic carbocycles. The van der Waals surface area contributed by atoms with Gasteiger partial charge in [-0.15, -0.1) is 0 Å². The van der Waals surface area contributed by atoms with E-state index in [2.05, 4.69) is 6.92 Å². The van der Waals surface area contributed by atoms with Crippen molar-refractivity contribution >= 4 is 11.0 Å². The number of benzene rings is 1. The second-order valence-corrected chi connectivity index (χ2v) is 3.20. The van der Waals surface area contributed by atoms with Crippen LogP contribution in [0.25, 0.3) is 11.0 Å². The third-order valence-corrected chi connectivity index (χ3v) is 2.25. The van der Waals surface area contributed by atoms with E-state index in [1.165, 1.54) is 0 Å². The lowest BCUT2D eigenvalue weighted by Gasteiger charge is -2.02. The van der Waals surface area contributed by atoms with E-state index in [1.807, 2.05) is 30.3 Å². The molecule has 1 aromatic heterocycles. The smallest absolute Gasteiger partial charge is 0.134 e. The zero-order chi connectivity index (χ0) is 9.26. The molecule has 2 nitrogen and oxygen atoms in total. The lowest BCUT2D eigenvalue weighted by Crippen LogP contribution is -2.06. The summed E-state index contributed by atoms with van der Waals surface area (Å²) in [6.45, 7) is 2.05. The van der Waals surface area contributed by atoms with Gasteiger partial charge in [0.1, 0.15) is 11.3 Å². The predicted octanol–water partition coefficient (Wildman–Crippen LogP) is 2.84. The molecule has 0 aliphatic carbocycles. The van der Waals surface area contributed by atoms with Crippen LogP contribution < -0.4 is 5.73 Å². The van der Waals surface area contributed by atoms with Crippen LogP contribution in [0.3, 0.4) is 0 Å². The third-order valence-electron chi connectivity index (χ3n) is 2.25. The second kappa shape index (κ2) is 3.23. The van der Waals surface area contributed by atoms with Crippen LogP contribution >= 0.6 is 0 Å². The van der Waals surface area contributed by atoms with Crippen LogP contribution in [0, 0.1) is 0 Å². The van der Waals surface area contributed by atoms with Crippen molar-refractivity contribution in [2.75, 3.05) is 0 Å². The van der Waals surface area contributed by atoms with E-state index in [9.17, 15) is 0 Å². The van der Waals surface area contributed by atoms with Gasteiger partial charge in [-0.1, -0.05) is 25.1 Å². The minimum atomic E-state index is 0.0207. The maximum Gasteiger partial charge on any atom is 0.134 e. The number of furan rings is 1. The Kier molecular flexibility index (Phi) is 2.07. The Balaban J connectivity index is 2.49. The first kappa shape index (κ1) is 8.32. The lowest BCUT2D eigenvalue weighted by molar-refractivity contribution is 0.488. The first-order valence-corrected chi connectivity index (χ1v) is 4.55. The average molecular weight is 175 g/mol. The first-order valence-electron chi connectivity index (χ1n) is 4.55. The van der Waals surface area contributed by atoms with Crippen molar-refractivity contribution in [2.24, 2.45) is 5.73 Å². The Morgan fingerprint density at radius 1 is 1.38 bits per heavy atom. The first-order chi connectivity index (χ1) is 6.31. The summed E-state index contributed by atoms with van der Waals surface area (Å²) in [5.41, 5.74) is 6.78. The van der Waals surface area contributed by atoms with Gasteiger partial charge in [-0.2, -0.15) is 0 Å². The Labute approximate surface area is 77.3 Å². The van der Waals surface area contributed by atoms with Crippen molar-refractivity contribution in [1.82, 2.24) is 0 Å². The van der Waals surface area contributed by atoms with Gasteiger partial charge in [0.05, 0.1) is 6.04 Å². The van der Waals surface area contributed by atoms with Crippen molar-refractivity contribution in [3.8, 4) is 0 Å². The quantitative estimate of drug-likeness (QED) is 0.762. The minimum Gasteiger partial charge on any atom is -0.459 e. The van der Waals surface area contributed by atoms with Crippen LogP contribution in [0.1, 0.15) is 25.1 Å². The highest BCUT2D eigenvalue weighted by molar-refractivity contribution is 5.77. The fraction of sp³-hybridized carbons (Fsp3) is 0.273. The fourth-order valence-electron chi connectivity index (χ4n) is 1.39.